The predicted octanol–water partition coefficient (Wildman–Crippen LogP) is 3.61. The maximum absolute atomic E-state index is 11.8. The molecule has 1 aromatic carbocycles. The molecule has 0 spiro atoms. The zero-order chi connectivity index (χ0) is 14.5. The van der Waals surface area contributed by atoms with Gasteiger partial charge >= 0.3 is 0 Å². The molecule has 0 aliphatic heterocycles. The molecule has 0 radical (unpaired) electrons. The van der Waals surface area contributed by atoms with Crippen molar-refractivity contribution in [2.45, 2.75) is 64.8 Å². The van der Waals surface area contributed by atoms with Crippen LogP contribution in [0.15, 0.2) is 24.3 Å². The summed E-state index contributed by atoms with van der Waals surface area (Å²) in [5.74, 6) is 0.309. The Balaban J connectivity index is 2.47. The number of Topliss-reactive ketones (excluding diaryl/α,β-unsaturated/α-hetero) is 1. The Kier molecular flexibility index (Phi) is 5.74. The molecule has 2 N–H and O–H groups in total. The van der Waals surface area contributed by atoms with Crippen molar-refractivity contribution in [2.75, 3.05) is 0 Å². The molecule has 1 atom stereocenters. The summed E-state index contributed by atoms with van der Waals surface area (Å²) in [6.45, 7) is 8.57. The van der Waals surface area contributed by atoms with Gasteiger partial charge in [-0.15, -0.1) is 0 Å². The molecule has 19 heavy (non-hydrogen) atoms. The van der Waals surface area contributed by atoms with Crippen LogP contribution in [0.25, 0.3) is 0 Å². The van der Waals surface area contributed by atoms with Gasteiger partial charge < -0.3 is 5.73 Å². The lowest BCUT2D eigenvalue weighted by Gasteiger charge is -2.19. The van der Waals surface area contributed by atoms with Crippen LogP contribution in [-0.2, 0) is 16.6 Å². The van der Waals surface area contributed by atoms with Crippen molar-refractivity contribution in [1.82, 2.24) is 0 Å². The van der Waals surface area contributed by atoms with E-state index < -0.39 is 0 Å². The standard InChI is InChI=1S/C17H27NO/c1-13(18)6-5-7-16(19)12-14-8-10-15(11-9-14)17(2,3)4/h8-11,13H,5-7,12,18H2,1-4H3. The zero-order valence-corrected chi connectivity index (χ0v) is 12.7. The molecule has 1 rings (SSSR count). The van der Waals surface area contributed by atoms with E-state index in [9.17, 15) is 4.79 Å². The number of hydrogen-bond acceptors (Lipinski definition) is 2. The highest BCUT2D eigenvalue weighted by Crippen LogP contribution is 2.22. The van der Waals surface area contributed by atoms with Crippen LogP contribution in [0.1, 0.15) is 58.1 Å². The lowest BCUT2D eigenvalue weighted by atomic mass is 9.86. The van der Waals surface area contributed by atoms with Gasteiger partial charge in [-0.1, -0.05) is 45.0 Å². The number of hydrogen-bond donors (Lipinski definition) is 1. The number of benzene rings is 1. The highest BCUT2D eigenvalue weighted by Gasteiger charge is 2.13. The Bertz CT molecular complexity index is 398. The fraction of sp³-hybridized carbons (Fsp3) is 0.588. The predicted molar refractivity (Wildman–Crippen MR) is 81.4 cm³/mol. The summed E-state index contributed by atoms with van der Waals surface area (Å²) in [6.07, 6.45) is 3.01. The largest absolute Gasteiger partial charge is 0.328 e. The molecule has 0 bridgehead atoms. The van der Waals surface area contributed by atoms with Crippen molar-refractivity contribution in [3.05, 3.63) is 35.4 Å². The van der Waals surface area contributed by atoms with E-state index in [1.807, 2.05) is 6.92 Å². The van der Waals surface area contributed by atoms with E-state index >= 15 is 0 Å². The molecule has 1 aromatic rings. The highest BCUT2D eigenvalue weighted by atomic mass is 16.1. The molecule has 0 saturated carbocycles. The molecule has 2 heteroatoms. The van der Waals surface area contributed by atoms with Gasteiger partial charge in [0.15, 0.2) is 0 Å². The molecule has 0 aromatic heterocycles. The maximum Gasteiger partial charge on any atom is 0.137 e. The third-order valence-corrected chi connectivity index (χ3v) is 3.34. The highest BCUT2D eigenvalue weighted by molar-refractivity contribution is 5.80. The van der Waals surface area contributed by atoms with Crippen molar-refractivity contribution >= 4 is 5.78 Å². The second kappa shape index (κ2) is 6.85. The average molecular weight is 261 g/mol. The van der Waals surface area contributed by atoms with Gasteiger partial charge in [-0.05, 0) is 36.3 Å². The first-order valence-corrected chi connectivity index (χ1v) is 7.16. The van der Waals surface area contributed by atoms with Gasteiger partial charge in [0.25, 0.3) is 0 Å². The van der Waals surface area contributed by atoms with Crippen LogP contribution in [-0.4, -0.2) is 11.8 Å². The van der Waals surface area contributed by atoms with Gasteiger partial charge in [-0.25, -0.2) is 0 Å². The first-order chi connectivity index (χ1) is 8.79. The number of nitrogens with two attached hydrogens (primary N) is 1. The summed E-state index contributed by atoms with van der Waals surface area (Å²) < 4.78 is 0. The number of carbonyl (C=O) groups excluding carboxylic acids is 1. The normalized spacial score (nSPS) is 13.3. The van der Waals surface area contributed by atoms with E-state index in [0.29, 0.717) is 18.6 Å². The third kappa shape index (κ3) is 6.02. The molecule has 1 unspecified atom stereocenters. The van der Waals surface area contributed by atoms with Crippen LogP contribution < -0.4 is 5.73 Å². The molecule has 0 aliphatic carbocycles. The second-order valence-electron chi connectivity index (χ2n) is 6.53. The fourth-order valence-electron chi connectivity index (χ4n) is 2.06. The summed E-state index contributed by atoms with van der Waals surface area (Å²) in [5, 5.41) is 0. The molecule has 106 valence electrons. The van der Waals surface area contributed by atoms with Crippen LogP contribution >= 0.6 is 0 Å². The van der Waals surface area contributed by atoms with Crippen LogP contribution in [0.3, 0.4) is 0 Å². The summed E-state index contributed by atoms with van der Waals surface area (Å²) in [5.41, 5.74) is 8.26. The summed E-state index contributed by atoms with van der Waals surface area (Å²) in [7, 11) is 0. The van der Waals surface area contributed by atoms with E-state index in [-0.39, 0.29) is 11.5 Å². The van der Waals surface area contributed by atoms with Crippen molar-refractivity contribution in [3.63, 3.8) is 0 Å². The Morgan fingerprint density at radius 1 is 1.21 bits per heavy atom. The average Bonchev–Trinajstić information content (AvgIpc) is 2.27. The molecule has 2 nitrogen and oxygen atoms in total. The van der Waals surface area contributed by atoms with Crippen molar-refractivity contribution < 1.29 is 4.79 Å². The van der Waals surface area contributed by atoms with Crippen LogP contribution in [0, 0.1) is 0 Å². The first kappa shape index (κ1) is 15.9. The Labute approximate surface area is 117 Å². The lowest BCUT2D eigenvalue weighted by molar-refractivity contribution is -0.118. The van der Waals surface area contributed by atoms with Gasteiger partial charge in [-0.3, -0.25) is 4.79 Å². The zero-order valence-electron chi connectivity index (χ0n) is 12.7. The fourth-order valence-corrected chi connectivity index (χ4v) is 2.06. The van der Waals surface area contributed by atoms with E-state index in [1.165, 1.54) is 5.56 Å². The van der Waals surface area contributed by atoms with Crippen LogP contribution in [0.2, 0.25) is 0 Å². The van der Waals surface area contributed by atoms with E-state index in [1.54, 1.807) is 0 Å². The number of rotatable bonds is 6. The van der Waals surface area contributed by atoms with E-state index in [4.69, 9.17) is 5.73 Å². The van der Waals surface area contributed by atoms with Crippen molar-refractivity contribution in [3.8, 4) is 0 Å². The summed E-state index contributed by atoms with van der Waals surface area (Å²) in [6, 6.07) is 8.60. The minimum Gasteiger partial charge on any atom is -0.328 e. The summed E-state index contributed by atoms with van der Waals surface area (Å²) in [4.78, 5) is 11.8. The Hall–Kier alpha value is -1.15. The monoisotopic (exact) mass is 261 g/mol. The second-order valence-corrected chi connectivity index (χ2v) is 6.53. The molecular formula is C17H27NO. The number of ketones is 1. The molecule has 0 fully saturated rings. The first-order valence-electron chi connectivity index (χ1n) is 7.16. The smallest absolute Gasteiger partial charge is 0.137 e. The van der Waals surface area contributed by atoms with E-state index in [2.05, 4.69) is 45.0 Å². The molecular weight excluding hydrogens is 234 g/mol. The van der Waals surface area contributed by atoms with Gasteiger partial charge in [0.1, 0.15) is 5.78 Å². The minimum atomic E-state index is 0.166. The van der Waals surface area contributed by atoms with Gasteiger partial charge in [0.05, 0.1) is 0 Å². The topological polar surface area (TPSA) is 43.1 Å². The van der Waals surface area contributed by atoms with Gasteiger partial charge in [0, 0.05) is 18.9 Å². The summed E-state index contributed by atoms with van der Waals surface area (Å²) >= 11 is 0. The Morgan fingerprint density at radius 3 is 2.26 bits per heavy atom. The minimum absolute atomic E-state index is 0.166. The van der Waals surface area contributed by atoms with Gasteiger partial charge in [0.2, 0.25) is 0 Å². The Morgan fingerprint density at radius 2 is 1.79 bits per heavy atom. The maximum atomic E-state index is 11.8. The van der Waals surface area contributed by atoms with E-state index in [0.717, 1.165) is 18.4 Å². The molecule has 0 amide bonds. The van der Waals surface area contributed by atoms with Crippen LogP contribution in [0.4, 0.5) is 0 Å². The van der Waals surface area contributed by atoms with Gasteiger partial charge in [-0.2, -0.15) is 0 Å². The van der Waals surface area contributed by atoms with Crippen molar-refractivity contribution in [2.24, 2.45) is 5.73 Å². The lowest BCUT2D eigenvalue weighted by Crippen LogP contribution is -2.15. The van der Waals surface area contributed by atoms with Crippen molar-refractivity contribution in [1.29, 1.82) is 0 Å². The quantitative estimate of drug-likeness (QED) is 0.850. The van der Waals surface area contributed by atoms with Crippen LogP contribution in [0.5, 0.6) is 0 Å². The molecule has 0 saturated heterocycles. The third-order valence-electron chi connectivity index (χ3n) is 3.34. The SMILES string of the molecule is CC(N)CCCC(=O)Cc1ccc(C(C)(C)C)cc1. The molecule has 0 aliphatic rings. The number of carbonyl (C=O) groups is 1. The molecule has 0 heterocycles.